The van der Waals surface area contributed by atoms with Crippen molar-refractivity contribution in [1.29, 1.82) is 0 Å². The normalized spacial score (nSPS) is 27.8. The van der Waals surface area contributed by atoms with Gasteiger partial charge in [0.2, 0.25) is 23.6 Å². The van der Waals surface area contributed by atoms with Crippen LogP contribution in [0.2, 0.25) is 0 Å². The molecule has 1 saturated heterocycles. The molecule has 2 saturated carbocycles. The molecule has 1 aromatic heterocycles. The van der Waals surface area contributed by atoms with Gasteiger partial charge in [-0.2, -0.15) is 0 Å². The molecule has 298 valence electrons. The lowest BCUT2D eigenvalue weighted by atomic mass is 10.0. The SMILES string of the molecule is C=CC1CC1(NC(=O)C1CC2CN1C(=O)C(C)NC(=O)C(NC(=O)OC(C)(C)C)COCCCc1cc3c(nccc3cc1OC)O2)C(=O)NS(=O)C1CC1. The molecule has 4 N–H and O–H groups in total. The number of ether oxygens (including phenoxy) is 4. The quantitative estimate of drug-likeness (QED) is 0.285. The van der Waals surface area contributed by atoms with E-state index in [0.29, 0.717) is 29.9 Å². The summed E-state index contributed by atoms with van der Waals surface area (Å²) in [6.45, 7) is 10.3. The number of hydrogen-bond acceptors (Lipinski definition) is 11. The van der Waals surface area contributed by atoms with Crippen LogP contribution in [0.1, 0.15) is 65.4 Å². The highest BCUT2D eigenvalue weighted by Gasteiger charge is 2.61. The number of amides is 5. The molecule has 55 heavy (non-hydrogen) atoms. The number of benzene rings is 1. The highest BCUT2D eigenvalue weighted by Crippen LogP contribution is 2.45. The van der Waals surface area contributed by atoms with Crippen molar-refractivity contribution >= 4 is 51.5 Å². The van der Waals surface area contributed by atoms with Gasteiger partial charge >= 0.3 is 6.09 Å². The number of aryl methyl sites for hydroxylation is 1. The molecule has 0 radical (unpaired) electrons. The molecule has 5 amide bonds. The van der Waals surface area contributed by atoms with E-state index in [4.69, 9.17) is 18.9 Å². The number of fused-ring (bicyclic) bond motifs is 3. The van der Waals surface area contributed by atoms with Gasteiger partial charge in [-0.1, -0.05) is 6.08 Å². The number of carbonyl (C=O) groups is 5. The Balaban J connectivity index is 1.30. The van der Waals surface area contributed by atoms with Crippen LogP contribution in [0.15, 0.2) is 37.1 Å². The zero-order valence-electron chi connectivity index (χ0n) is 31.8. The number of pyridine rings is 1. The molecular weight excluding hydrogens is 733 g/mol. The van der Waals surface area contributed by atoms with Crippen molar-refractivity contribution in [2.24, 2.45) is 5.92 Å². The van der Waals surface area contributed by atoms with Gasteiger partial charge in [0.15, 0.2) is 0 Å². The maximum Gasteiger partial charge on any atom is 0.408 e. The third-order valence-corrected chi connectivity index (χ3v) is 11.5. The van der Waals surface area contributed by atoms with Crippen LogP contribution in [0.5, 0.6) is 11.6 Å². The Morgan fingerprint density at radius 1 is 1.20 bits per heavy atom. The summed E-state index contributed by atoms with van der Waals surface area (Å²) in [7, 11) is 0.00186. The maximum atomic E-state index is 14.2. The summed E-state index contributed by atoms with van der Waals surface area (Å²) in [4.78, 5) is 74.1. The van der Waals surface area contributed by atoms with E-state index in [1.165, 1.54) is 11.8 Å². The van der Waals surface area contributed by atoms with E-state index in [1.807, 2.05) is 18.2 Å². The molecule has 17 heteroatoms. The summed E-state index contributed by atoms with van der Waals surface area (Å²) < 4.78 is 38.6. The van der Waals surface area contributed by atoms with Gasteiger partial charge in [-0.15, -0.1) is 6.58 Å². The molecule has 7 atom stereocenters. The summed E-state index contributed by atoms with van der Waals surface area (Å²) in [6, 6.07) is 2.16. The molecule has 0 spiro atoms. The number of rotatable bonds is 8. The Bertz CT molecular complexity index is 1880. The third-order valence-electron chi connectivity index (χ3n) is 10.1. The van der Waals surface area contributed by atoms with Crippen LogP contribution in [0.4, 0.5) is 4.79 Å². The molecule has 3 fully saturated rings. The first kappa shape index (κ1) is 39.9. The van der Waals surface area contributed by atoms with E-state index in [2.05, 4.69) is 32.2 Å². The minimum Gasteiger partial charge on any atom is -0.496 e. The number of methoxy groups -OCH3 is 1. The first-order chi connectivity index (χ1) is 26.1. The van der Waals surface area contributed by atoms with Crippen LogP contribution in [-0.4, -0.2) is 111 Å². The Hall–Kier alpha value is -4.77. The average Bonchev–Trinajstić information content (AvgIpc) is 4.06. The fourth-order valence-corrected chi connectivity index (χ4v) is 8.03. The van der Waals surface area contributed by atoms with E-state index in [9.17, 15) is 28.2 Å². The van der Waals surface area contributed by atoms with Gasteiger partial charge in [0, 0.05) is 30.5 Å². The average molecular weight is 783 g/mol. The van der Waals surface area contributed by atoms with Crippen molar-refractivity contribution in [3.8, 4) is 11.6 Å². The maximum absolute atomic E-state index is 14.2. The van der Waals surface area contributed by atoms with Gasteiger partial charge in [0.05, 0.1) is 25.5 Å². The molecule has 4 aliphatic rings. The van der Waals surface area contributed by atoms with Gasteiger partial charge in [-0.05, 0) is 88.9 Å². The van der Waals surface area contributed by atoms with E-state index >= 15 is 0 Å². The van der Waals surface area contributed by atoms with Gasteiger partial charge in [0.1, 0.15) is 52.1 Å². The molecule has 2 aromatic rings. The van der Waals surface area contributed by atoms with Crippen molar-refractivity contribution < 1.29 is 47.1 Å². The second-order valence-electron chi connectivity index (χ2n) is 15.5. The zero-order chi connectivity index (χ0) is 39.7. The number of nitrogens with zero attached hydrogens (tertiary/aromatic N) is 2. The molecule has 3 heterocycles. The van der Waals surface area contributed by atoms with Crippen LogP contribution in [0, 0.1) is 5.92 Å². The number of alkyl carbamates (subject to hydrolysis) is 1. The number of nitrogens with one attached hydrogen (secondary N) is 4. The summed E-state index contributed by atoms with van der Waals surface area (Å²) >= 11 is 0. The Morgan fingerprint density at radius 2 is 1.96 bits per heavy atom. The van der Waals surface area contributed by atoms with E-state index in [0.717, 1.165) is 23.8 Å². The number of hydrogen-bond donors (Lipinski definition) is 4. The molecule has 1 aromatic carbocycles. The molecule has 7 unspecified atom stereocenters. The minimum atomic E-state index is -1.58. The van der Waals surface area contributed by atoms with Crippen molar-refractivity contribution in [3.05, 3.63) is 42.6 Å². The third kappa shape index (κ3) is 9.20. The number of aromatic nitrogens is 1. The van der Waals surface area contributed by atoms with Crippen LogP contribution < -0.4 is 30.1 Å². The zero-order valence-corrected chi connectivity index (χ0v) is 32.6. The summed E-state index contributed by atoms with van der Waals surface area (Å²) in [5.41, 5.74) is -1.35. The highest BCUT2D eigenvalue weighted by atomic mass is 32.2. The molecular formula is C38H50N6O10S. The lowest BCUT2D eigenvalue weighted by molar-refractivity contribution is -0.142. The van der Waals surface area contributed by atoms with Crippen molar-refractivity contribution in [1.82, 2.24) is 30.6 Å². The monoisotopic (exact) mass is 782 g/mol. The summed E-state index contributed by atoms with van der Waals surface area (Å²) in [5, 5.41) is 9.49. The van der Waals surface area contributed by atoms with Gasteiger partial charge in [0.25, 0.3) is 5.91 Å². The predicted molar refractivity (Wildman–Crippen MR) is 201 cm³/mol. The lowest BCUT2D eigenvalue weighted by Gasteiger charge is -2.29. The minimum absolute atomic E-state index is 0.0421. The fourth-order valence-electron chi connectivity index (χ4n) is 6.94. The van der Waals surface area contributed by atoms with Gasteiger partial charge in [-0.25, -0.2) is 14.0 Å². The van der Waals surface area contributed by atoms with Crippen molar-refractivity contribution in [2.75, 3.05) is 26.9 Å². The Kier molecular flexibility index (Phi) is 11.7. The van der Waals surface area contributed by atoms with Gasteiger partial charge in [-0.3, -0.25) is 23.9 Å². The van der Waals surface area contributed by atoms with Crippen LogP contribution in [0.25, 0.3) is 10.8 Å². The lowest BCUT2D eigenvalue weighted by Crippen LogP contribution is -2.59. The van der Waals surface area contributed by atoms with Crippen LogP contribution in [0.3, 0.4) is 0 Å². The molecule has 2 aliphatic heterocycles. The molecule has 2 aliphatic carbocycles. The highest BCUT2D eigenvalue weighted by molar-refractivity contribution is 7.84. The second kappa shape index (κ2) is 16.1. The molecule has 4 bridgehead atoms. The largest absolute Gasteiger partial charge is 0.496 e. The van der Waals surface area contributed by atoms with Crippen LogP contribution in [-0.2, 0) is 46.1 Å². The van der Waals surface area contributed by atoms with E-state index in [1.54, 1.807) is 40.2 Å². The first-order valence-electron chi connectivity index (χ1n) is 18.6. The fraction of sp³-hybridized carbons (Fsp3) is 0.579. The molecule has 16 nitrogen and oxygen atoms in total. The summed E-state index contributed by atoms with van der Waals surface area (Å²) in [6.07, 6.45) is 4.51. The summed E-state index contributed by atoms with van der Waals surface area (Å²) in [5.74, 6) is -1.93. The van der Waals surface area contributed by atoms with Crippen molar-refractivity contribution in [2.45, 2.75) is 107 Å². The molecule has 6 rings (SSSR count). The van der Waals surface area contributed by atoms with Gasteiger partial charge < -0.3 is 39.8 Å². The Morgan fingerprint density at radius 3 is 2.64 bits per heavy atom. The van der Waals surface area contributed by atoms with Crippen LogP contribution >= 0.6 is 0 Å². The predicted octanol–water partition coefficient (Wildman–Crippen LogP) is 1.96. The topological polar surface area (TPSA) is 204 Å². The number of carbonyl (C=O) groups excluding carboxylic acids is 5. The standard InChI is InChI=1S/C38H50N6O10S/c1-7-24-18-38(24,35(48)43-55(50)26-10-11-26)42-32(46)29-17-25-19-44(29)34(47)21(2)40-31(45)28(41-36(49)54-37(3,4)5)20-52-14-8-9-23-15-27-22(16-30(23)51-6)12-13-39-33(27)53-25/h7,12-13,15-16,21,24-26,28-29H,1,8-11,14,17-20H2,2-6H3,(H,40,45)(H,41,49)(H,42,46)(H,43,48). The van der Waals surface area contributed by atoms with Crippen molar-refractivity contribution in [3.63, 3.8) is 0 Å². The smallest absolute Gasteiger partial charge is 0.408 e. The Labute approximate surface area is 322 Å². The second-order valence-corrected chi connectivity index (χ2v) is 17.0. The van der Waals surface area contributed by atoms with E-state index < -0.39 is 82.0 Å². The first-order valence-corrected chi connectivity index (χ1v) is 19.8. The van der Waals surface area contributed by atoms with E-state index in [-0.39, 0.29) is 37.9 Å².